The number of hydrogen-bond donors (Lipinski definition) is 2. The van der Waals surface area contributed by atoms with Crippen molar-refractivity contribution in [2.45, 2.75) is 26.1 Å². The summed E-state index contributed by atoms with van der Waals surface area (Å²) in [5.41, 5.74) is 1.11. The van der Waals surface area contributed by atoms with Crippen molar-refractivity contribution < 1.29 is 18.0 Å². The first-order valence-corrected chi connectivity index (χ1v) is 10.3. The Balaban J connectivity index is 1.72. The molecule has 8 heteroatoms. The molecule has 1 unspecified atom stereocenters. The predicted octanol–water partition coefficient (Wildman–Crippen LogP) is 3.14. The Bertz CT molecular complexity index is 1440. The lowest BCUT2D eigenvalue weighted by Gasteiger charge is -2.16. The molecule has 3 aromatic rings. The number of pyridine rings is 1. The Labute approximate surface area is 187 Å². The van der Waals surface area contributed by atoms with Gasteiger partial charge in [0.25, 0.3) is 11.5 Å². The Hall–Kier alpha value is -3.81. The van der Waals surface area contributed by atoms with Crippen LogP contribution in [0.15, 0.2) is 53.3 Å². The van der Waals surface area contributed by atoms with Crippen LogP contribution in [-0.4, -0.2) is 16.5 Å². The van der Waals surface area contributed by atoms with Crippen LogP contribution in [0.5, 0.6) is 0 Å². The average Bonchev–Trinajstić information content (AvgIpc) is 2.77. The van der Waals surface area contributed by atoms with Crippen LogP contribution in [0.2, 0.25) is 0 Å². The number of carbonyl (C=O) groups is 1. The van der Waals surface area contributed by atoms with E-state index in [0.29, 0.717) is 16.8 Å². The van der Waals surface area contributed by atoms with Crippen molar-refractivity contribution in [1.29, 1.82) is 0 Å². The summed E-state index contributed by atoms with van der Waals surface area (Å²) in [6.45, 7) is 3.83. The first-order chi connectivity index (χ1) is 15.5. The largest absolute Gasteiger partial charge is 0.416 e. The van der Waals surface area contributed by atoms with Gasteiger partial charge in [0.1, 0.15) is 0 Å². The zero-order chi connectivity index (χ0) is 23.9. The van der Waals surface area contributed by atoms with Crippen molar-refractivity contribution in [1.82, 2.24) is 9.88 Å². The molecule has 1 amide bonds. The highest BCUT2D eigenvalue weighted by Crippen LogP contribution is 2.30. The molecule has 0 fully saturated rings. The van der Waals surface area contributed by atoms with E-state index in [2.05, 4.69) is 10.6 Å². The third kappa shape index (κ3) is 4.41. The van der Waals surface area contributed by atoms with Crippen LogP contribution in [0.1, 0.15) is 28.4 Å². The molecule has 2 heterocycles. The van der Waals surface area contributed by atoms with E-state index in [1.807, 2.05) is 26.1 Å². The maximum absolute atomic E-state index is 13.1. The number of aryl methyl sites for hydroxylation is 1. The summed E-state index contributed by atoms with van der Waals surface area (Å²) in [7, 11) is 1.71. The summed E-state index contributed by atoms with van der Waals surface area (Å²) in [5, 5.41) is 7.54. The number of alkyl halides is 3. The smallest absolute Gasteiger partial charge is 0.384 e. The Morgan fingerprint density at radius 1 is 1.09 bits per heavy atom. The van der Waals surface area contributed by atoms with Crippen molar-refractivity contribution in [3.8, 4) is 11.1 Å². The molecule has 1 atom stereocenters. The number of rotatable bonds is 3. The molecule has 5 nitrogen and oxygen atoms in total. The fraction of sp³-hybridized carbons (Fsp3) is 0.200. The molecule has 2 aromatic carbocycles. The second-order valence-electron chi connectivity index (χ2n) is 8.09. The van der Waals surface area contributed by atoms with Crippen LogP contribution in [0, 0.1) is 6.92 Å². The van der Waals surface area contributed by atoms with Crippen LogP contribution >= 0.6 is 0 Å². The number of halogens is 3. The second kappa shape index (κ2) is 8.27. The van der Waals surface area contributed by atoms with Gasteiger partial charge < -0.3 is 15.2 Å². The van der Waals surface area contributed by atoms with Gasteiger partial charge in [-0.05, 0) is 67.4 Å². The fourth-order valence-electron chi connectivity index (χ4n) is 3.83. The van der Waals surface area contributed by atoms with Crippen molar-refractivity contribution in [3.63, 3.8) is 0 Å². The fourth-order valence-corrected chi connectivity index (χ4v) is 3.83. The maximum Gasteiger partial charge on any atom is 0.416 e. The number of hydrogen-bond acceptors (Lipinski definition) is 3. The van der Waals surface area contributed by atoms with Gasteiger partial charge in [-0.15, -0.1) is 0 Å². The minimum absolute atomic E-state index is 0.102. The molecule has 0 radical (unpaired) electrons. The van der Waals surface area contributed by atoms with E-state index >= 15 is 0 Å². The number of nitrogens with one attached hydrogen (secondary N) is 2. The number of aromatic nitrogens is 1. The average molecular weight is 453 g/mol. The monoisotopic (exact) mass is 453 g/mol. The Kier molecular flexibility index (Phi) is 5.61. The lowest BCUT2D eigenvalue weighted by Crippen LogP contribution is -2.47. The summed E-state index contributed by atoms with van der Waals surface area (Å²) >= 11 is 0. The molecule has 33 heavy (non-hydrogen) atoms. The minimum Gasteiger partial charge on any atom is -0.384 e. The van der Waals surface area contributed by atoms with Gasteiger partial charge in [-0.1, -0.05) is 12.1 Å². The Morgan fingerprint density at radius 3 is 2.58 bits per heavy atom. The maximum atomic E-state index is 13.1. The first-order valence-electron chi connectivity index (χ1n) is 10.3. The van der Waals surface area contributed by atoms with E-state index in [1.165, 1.54) is 12.1 Å². The molecule has 0 saturated carbocycles. The molecule has 170 valence electrons. The zero-order valence-corrected chi connectivity index (χ0v) is 18.2. The molecule has 1 aromatic heterocycles. The number of anilines is 1. The van der Waals surface area contributed by atoms with Gasteiger partial charge in [0.15, 0.2) is 0 Å². The molecule has 0 bridgehead atoms. The van der Waals surface area contributed by atoms with Crippen molar-refractivity contribution in [2.75, 3.05) is 5.32 Å². The quantitative estimate of drug-likeness (QED) is 0.641. The van der Waals surface area contributed by atoms with Gasteiger partial charge in [-0.2, -0.15) is 13.2 Å². The summed E-state index contributed by atoms with van der Waals surface area (Å²) in [6, 6.07) is 11.2. The van der Waals surface area contributed by atoms with E-state index in [9.17, 15) is 22.8 Å². The summed E-state index contributed by atoms with van der Waals surface area (Å²) < 4.78 is 40.5. The second-order valence-corrected chi connectivity index (χ2v) is 8.09. The zero-order valence-electron chi connectivity index (χ0n) is 18.2. The van der Waals surface area contributed by atoms with Crippen LogP contribution in [0.3, 0.4) is 0 Å². The van der Waals surface area contributed by atoms with Gasteiger partial charge in [0.05, 0.1) is 10.9 Å². The number of carbonyl (C=O) groups excluding carboxylic acids is 1. The normalized spacial score (nSPS) is 15.0. The molecular formula is C25H22F3N3O2. The molecule has 0 aliphatic carbocycles. The lowest BCUT2D eigenvalue weighted by atomic mass is 9.99. The molecular weight excluding hydrogens is 431 g/mol. The summed E-state index contributed by atoms with van der Waals surface area (Å²) in [5.74, 6) is -0.671. The van der Waals surface area contributed by atoms with Gasteiger partial charge >= 0.3 is 6.18 Å². The SMILES string of the molecule is Cc1ccc(NC(=O)c2cccc(C(F)(F)F)c2)cc1-c1cc2c(n(C)c1=O)=CC(C)NC=2. The number of nitrogens with zero attached hydrogens (tertiary/aromatic N) is 1. The summed E-state index contributed by atoms with van der Waals surface area (Å²) in [6.07, 6.45) is -0.711. The van der Waals surface area contributed by atoms with Crippen molar-refractivity contribution >= 4 is 23.9 Å². The highest BCUT2D eigenvalue weighted by atomic mass is 19.4. The molecule has 0 saturated heterocycles. The highest BCUT2D eigenvalue weighted by Gasteiger charge is 2.30. The number of fused-ring (bicyclic) bond motifs is 1. The molecule has 1 aliphatic heterocycles. The van der Waals surface area contributed by atoms with Gasteiger partial charge in [0.2, 0.25) is 0 Å². The number of amides is 1. The van der Waals surface area contributed by atoms with Crippen LogP contribution in [0.4, 0.5) is 18.9 Å². The van der Waals surface area contributed by atoms with Gasteiger partial charge in [0, 0.05) is 41.3 Å². The van der Waals surface area contributed by atoms with Crippen molar-refractivity contribution in [2.24, 2.45) is 7.05 Å². The summed E-state index contributed by atoms with van der Waals surface area (Å²) in [4.78, 5) is 25.7. The van der Waals surface area contributed by atoms with Crippen LogP contribution < -0.4 is 26.8 Å². The third-order valence-corrected chi connectivity index (χ3v) is 5.64. The standard InChI is InChI=1S/C25H22F3N3O2/c1-14-7-8-19(30-23(32)16-5-4-6-18(10-16)25(26,27)28)12-20(14)21-11-17-13-29-15(2)9-22(17)31(3)24(21)33/h4-13,15,29H,1-3H3,(H,30,32). The van der Waals surface area contributed by atoms with Gasteiger partial charge in [-0.3, -0.25) is 9.59 Å². The Morgan fingerprint density at radius 2 is 1.85 bits per heavy atom. The molecule has 2 N–H and O–H groups in total. The van der Waals surface area contributed by atoms with Crippen molar-refractivity contribution in [3.05, 3.63) is 86.1 Å². The van der Waals surface area contributed by atoms with E-state index in [-0.39, 0.29) is 17.2 Å². The van der Waals surface area contributed by atoms with Crippen LogP contribution in [-0.2, 0) is 13.2 Å². The van der Waals surface area contributed by atoms with E-state index < -0.39 is 17.6 Å². The highest BCUT2D eigenvalue weighted by molar-refractivity contribution is 6.04. The molecule has 1 aliphatic rings. The van der Waals surface area contributed by atoms with Crippen LogP contribution in [0.25, 0.3) is 23.4 Å². The van der Waals surface area contributed by atoms with E-state index in [0.717, 1.165) is 28.3 Å². The van der Waals surface area contributed by atoms with Gasteiger partial charge in [-0.25, -0.2) is 0 Å². The predicted molar refractivity (Wildman–Crippen MR) is 122 cm³/mol. The first kappa shape index (κ1) is 22.4. The topological polar surface area (TPSA) is 63.1 Å². The van der Waals surface area contributed by atoms with E-state index in [1.54, 1.807) is 35.9 Å². The third-order valence-electron chi connectivity index (χ3n) is 5.64. The van der Waals surface area contributed by atoms with E-state index in [4.69, 9.17) is 0 Å². The molecule has 0 spiro atoms. The lowest BCUT2D eigenvalue weighted by molar-refractivity contribution is -0.137. The number of benzene rings is 2. The molecule has 4 rings (SSSR count). The minimum atomic E-state index is -4.54.